The number of morpholine rings is 1. The van der Waals surface area contributed by atoms with Crippen molar-refractivity contribution in [2.75, 3.05) is 26.3 Å². The Bertz CT molecular complexity index is 280. The van der Waals surface area contributed by atoms with Crippen molar-refractivity contribution in [1.29, 1.82) is 0 Å². The third kappa shape index (κ3) is 2.90. The summed E-state index contributed by atoms with van der Waals surface area (Å²) in [5, 5.41) is 0. The molecule has 0 aromatic carbocycles. The van der Waals surface area contributed by atoms with E-state index in [1.807, 2.05) is 0 Å². The average molecular weight is 238 g/mol. The van der Waals surface area contributed by atoms with Crippen molar-refractivity contribution in [3.8, 4) is 0 Å². The molecule has 0 spiro atoms. The summed E-state index contributed by atoms with van der Waals surface area (Å²) in [5.41, 5.74) is 8.02. The van der Waals surface area contributed by atoms with Crippen molar-refractivity contribution in [3.05, 3.63) is 11.6 Å². The Balaban J connectivity index is 2.04. The van der Waals surface area contributed by atoms with Crippen LogP contribution in [0.25, 0.3) is 0 Å². The molecular formula is C14H26N2O. The van der Waals surface area contributed by atoms with Gasteiger partial charge in [-0.1, -0.05) is 11.6 Å². The van der Waals surface area contributed by atoms with Crippen molar-refractivity contribution in [2.45, 2.75) is 51.1 Å². The van der Waals surface area contributed by atoms with Gasteiger partial charge < -0.3 is 10.5 Å². The van der Waals surface area contributed by atoms with Gasteiger partial charge in [-0.25, -0.2) is 0 Å². The first-order valence-corrected chi connectivity index (χ1v) is 6.89. The summed E-state index contributed by atoms with van der Waals surface area (Å²) in [4.78, 5) is 2.48. The smallest absolute Gasteiger partial charge is 0.0594 e. The minimum absolute atomic E-state index is 0.0486. The number of hydrogen-bond acceptors (Lipinski definition) is 3. The summed E-state index contributed by atoms with van der Waals surface area (Å²) >= 11 is 0. The lowest BCUT2D eigenvalue weighted by Crippen LogP contribution is -2.59. The van der Waals surface area contributed by atoms with E-state index in [9.17, 15) is 0 Å². The van der Waals surface area contributed by atoms with Gasteiger partial charge in [-0.3, -0.25) is 4.90 Å². The molecule has 1 aliphatic heterocycles. The Labute approximate surface area is 105 Å². The van der Waals surface area contributed by atoms with Crippen LogP contribution >= 0.6 is 0 Å². The van der Waals surface area contributed by atoms with Gasteiger partial charge in [0.25, 0.3) is 0 Å². The largest absolute Gasteiger partial charge is 0.379 e. The molecule has 3 nitrogen and oxygen atoms in total. The zero-order chi connectivity index (χ0) is 12.3. The van der Waals surface area contributed by atoms with E-state index in [2.05, 4.69) is 24.8 Å². The van der Waals surface area contributed by atoms with E-state index < -0.39 is 0 Å². The first kappa shape index (κ1) is 13.1. The summed E-state index contributed by atoms with van der Waals surface area (Å²) < 4.78 is 5.42. The van der Waals surface area contributed by atoms with Crippen LogP contribution in [0.15, 0.2) is 11.6 Å². The van der Waals surface area contributed by atoms with Crippen LogP contribution in [-0.2, 0) is 4.74 Å². The molecule has 1 saturated heterocycles. The molecule has 17 heavy (non-hydrogen) atoms. The van der Waals surface area contributed by atoms with Gasteiger partial charge in [-0.15, -0.1) is 0 Å². The van der Waals surface area contributed by atoms with E-state index >= 15 is 0 Å². The van der Waals surface area contributed by atoms with E-state index in [-0.39, 0.29) is 11.6 Å². The second kappa shape index (κ2) is 5.51. The van der Waals surface area contributed by atoms with Gasteiger partial charge in [0.15, 0.2) is 0 Å². The molecule has 1 atom stereocenters. The monoisotopic (exact) mass is 238 g/mol. The first-order valence-electron chi connectivity index (χ1n) is 6.89. The first-order chi connectivity index (χ1) is 8.12. The van der Waals surface area contributed by atoms with E-state index in [1.54, 1.807) is 0 Å². The van der Waals surface area contributed by atoms with Gasteiger partial charge in [-0.2, -0.15) is 0 Å². The number of rotatable bonds is 3. The Morgan fingerprint density at radius 2 is 2.00 bits per heavy atom. The maximum Gasteiger partial charge on any atom is 0.0594 e. The number of ether oxygens (including phenoxy) is 1. The van der Waals surface area contributed by atoms with Crippen molar-refractivity contribution < 1.29 is 4.74 Å². The van der Waals surface area contributed by atoms with Crippen LogP contribution in [0.1, 0.15) is 39.5 Å². The highest BCUT2D eigenvalue weighted by molar-refractivity contribution is 5.18. The van der Waals surface area contributed by atoms with Gasteiger partial charge in [-0.05, 0) is 39.5 Å². The van der Waals surface area contributed by atoms with E-state index in [1.165, 1.54) is 31.3 Å². The third-order valence-corrected chi connectivity index (χ3v) is 4.31. The van der Waals surface area contributed by atoms with Crippen LogP contribution in [0, 0.1) is 0 Å². The van der Waals surface area contributed by atoms with E-state index in [4.69, 9.17) is 10.5 Å². The third-order valence-electron chi connectivity index (χ3n) is 4.31. The molecule has 0 bridgehead atoms. The van der Waals surface area contributed by atoms with Crippen molar-refractivity contribution in [2.24, 2.45) is 5.73 Å². The van der Waals surface area contributed by atoms with Gasteiger partial charge in [0, 0.05) is 24.7 Å². The highest BCUT2D eigenvalue weighted by atomic mass is 16.5. The molecule has 0 aromatic heterocycles. The average Bonchev–Trinajstić information content (AvgIpc) is 2.40. The Morgan fingerprint density at radius 3 is 2.59 bits per heavy atom. The number of nitrogens with two attached hydrogens (primary N) is 1. The van der Waals surface area contributed by atoms with Crippen LogP contribution in [0.2, 0.25) is 0 Å². The molecule has 1 fully saturated rings. The lowest BCUT2D eigenvalue weighted by atomic mass is 9.82. The fraction of sp³-hybridized carbons (Fsp3) is 0.857. The van der Waals surface area contributed by atoms with Crippen LogP contribution in [0.3, 0.4) is 0 Å². The number of allylic oxidation sites excluding steroid dienone is 1. The molecule has 2 aliphatic rings. The summed E-state index contributed by atoms with van der Waals surface area (Å²) in [7, 11) is 0. The molecule has 1 heterocycles. The number of nitrogens with zero attached hydrogens (tertiary/aromatic N) is 1. The molecule has 0 radical (unpaired) electrons. The van der Waals surface area contributed by atoms with Gasteiger partial charge in [0.1, 0.15) is 0 Å². The predicted octanol–water partition coefficient (Wildman–Crippen LogP) is 1.92. The van der Waals surface area contributed by atoms with Gasteiger partial charge in [0.05, 0.1) is 13.2 Å². The Hall–Kier alpha value is -0.380. The minimum Gasteiger partial charge on any atom is -0.379 e. The second-order valence-corrected chi connectivity index (χ2v) is 5.76. The lowest BCUT2D eigenvalue weighted by molar-refractivity contribution is -0.0153. The fourth-order valence-corrected chi connectivity index (χ4v) is 2.94. The molecule has 3 heteroatoms. The standard InChI is InChI=1S/C14H26N2O/c1-14(2,16-8-10-17-11-9-16)13(15)12-6-4-3-5-7-12/h6,13H,3-5,7-11,15H2,1-2H3. The minimum atomic E-state index is 0.0486. The molecule has 0 saturated carbocycles. The molecular weight excluding hydrogens is 212 g/mol. The van der Waals surface area contributed by atoms with Gasteiger partial charge in [0.2, 0.25) is 0 Å². The SMILES string of the molecule is CC(C)(C(N)C1=CCCCC1)N1CCOCC1. The van der Waals surface area contributed by atoms with Crippen molar-refractivity contribution >= 4 is 0 Å². The molecule has 1 aliphatic carbocycles. The maximum absolute atomic E-state index is 6.51. The van der Waals surface area contributed by atoms with Crippen LogP contribution < -0.4 is 5.73 Å². The molecule has 2 rings (SSSR count). The van der Waals surface area contributed by atoms with Gasteiger partial charge >= 0.3 is 0 Å². The van der Waals surface area contributed by atoms with Crippen molar-refractivity contribution in [3.63, 3.8) is 0 Å². The Kier molecular flexibility index (Phi) is 4.23. The summed E-state index contributed by atoms with van der Waals surface area (Å²) in [6.45, 7) is 8.25. The summed E-state index contributed by atoms with van der Waals surface area (Å²) in [6, 6.07) is 0.167. The van der Waals surface area contributed by atoms with Crippen molar-refractivity contribution in [1.82, 2.24) is 4.90 Å². The van der Waals surface area contributed by atoms with Crippen LogP contribution in [0.4, 0.5) is 0 Å². The molecule has 0 aromatic rings. The predicted molar refractivity (Wildman–Crippen MR) is 71.0 cm³/mol. The Morgan fingerprint density at radius 1 is 1.29 bits per heavy atom. The zero-order valence-electron chi connectivity index (χ0n) is 11.2. The molecule has 1 unspecified atom stereocenters. The topological polar surface area (TPSA) is 38.5 Å². The van der Waals surface area contributed by atoms with Crippen LogP contribution in [-0.4, -0.2) is 42.8 Å². The lowest BCUT2D eigenvalue weighted by Gasteiger charge is -2.45. The summed E-state index contributed by atoms with van der Waals surface area (Å²) in [6.07, 6.45) is 7.40. The highest BCUT2D eigenvalue weighted by Crippen LogP contribution is 2.28. The number of hydrogen-bond donors (Lipinski definition) is 1. The van der Waals surface area contributed by atoms with E-state index in [0.717, 1.165) is 26.3 Å². The zero-order valence-corrected chi connectivity index (χ0v) is 11.2. The molecule has 2 N–H and O–H groups in total. The van der Waals surface area contributed by atoms with Crippen LogP contribution in [0.5, 0.6) is 0 Å². The summed E-state index contributed by atoms with van der Waals surface area (Å²) in [5.74, 6) is 0. The normalized spacial score (nSPS) is 25.5. The molecule has 98 valence electrons. The fourth-order valence-electron chi connectivity index (χ4n) is 2.94. The van der Waals surface area contributed by atoms with E-state index in [0.29, 0.717) is 0 Å². The quantitative estimate of drug-likeness (QED) is 0.764. The second-order valence-electron chi connectivity index (χ2n) is 5.76. The molecule has 0 amide bonds. The maximum atomic E-state index is 6.51. The highest BCUT2D eigenvalue weighted by Gasteiger charge is 2.35.